The predicted molar refractivity (Wildman–Crippen MR) is 53.1 cm³/mol. The summed E-state index contributed by atoms with van der Waals surface area (Å²) in [6.45, 7) is 3.22. The minimum atomic E-state index is -0.361. The topological polar surface area (TPSA) is 46.5 Å². The Morgan fingerprint density at radius 2 is 2.07 bits per heavy atom. The van der Waals surface area contributed by atoms with Gasteiger partial charge in [0.15, 0.2) is 0 Å². The molecule has 3 nitrogen and oxygen atoms in total. The van der Waals surface area contributed by atoms with Crippen molar-refractivity contribution in [1.29, 1.82) is 0 Å². The highest BCUT2D eigenvalue weighted by Gasteiger charge is 2.09. The van der Waals surface area contributed by atoms with Crippen LogP contribution in [-0.2, 0) is 17.8 Å². The molecule has 0 aromatic heterocycles. The smallest absolute Gasteiger partial charge is 0.308 e. The summed E-state index contributed by atoms with van der Waals surface area (Å²) in [4.78, 5) is 10.8. The Morgan fingerprint density at radius 1 is 1.43 bits per heavy atom. The Morgan fingerprint density at radius 3 is 2.57 bits per heavy atom. The molecular formula is C11H14O3. The van der Waals surface area contributed by atoms with E-state index in [9.17, 15) is 4.79 Å². The van der Waals surface area contributed by atoms with Crippen LogP contribution in [0.4, 0.5) is 0 Å². The first kappa shape index (κ1) is 10.7. The van der Waals surface area contributed by atoms with Crippen LogP contribution in [0.3, 0.4) is 0 Å². The number of aliphatic hydroxyl groups is 1. The summed E-state index contributed by atoms with van der Waals surface area (Å²) < 4.78 is 5.06. The average Bonchev–Trinajstić information content (AvgIpc) is 2.17. The lowest BCUT2D eigenvalue weighted by atomic mass is 10.1. The Hall–Kier alpha value is -1.35. The van der Waals surface area contributed by atoms with E-state index in [0.717, 1.165) is 12.0 Å². The molecule has 3 heteroatoms. The number of carbonyl (C=O) groups excluding carboxylic acids is 1. The number of aliphatic hydroxyl groups excluding tert-OH is 1. The molecule has 0 spiro atoms. The average molecular weight is 194 g/mol. The van der Waals surface area contributed by atoms with Crippen molar-refractivity contribution < 1.29 is 14.6 Å². The first-order chi connectivity index (χ1) is 6.69. The van der Waals surface area contributed by atoms with Crippen molar-refractivity contribution in [3.8, 4) is 5.75 Å². The number of benzene rings is 1. The van der Waals surface area contributed by atoms with Crippen LogP contribution in [0.2, 0.25) is 0 Å². The van der Waals surface area contributed by atoms with Crippen molar-refractivity contribution in [2.45, 2.75) is 26.9 Å². The quantitative estimate of drug-likeness (QED) is 0.588. The Bertz CT molecular complexity index is 309. The fourth-order valence-corrected chi connectivity index (χ4v) is 1.32. The number of aryl methyl sites for hydroxylation is 1. The van der Waals surface area contributed by atoms with Crippen LogP contribution < -0.4 is 4.74 Å². The van der Waals surface area contributed by atoms with E-state index in [4.69, 9.17) is 9.84 Å². The van der Waals surface area contributed by atoms with Crippen LogP contribution in [0.25, 0.3) is 0 Å². The molecule has 76 valence electrons. The number of esters is 1. The summed E-state index contributed by atoms with van der Waals surface area (Å²) in [5.74, 6) is 0.144. The molecule has 0 aliphatic heterocycles. The van der Waals surface area contributed by atoms with Gasteiger partial charge < -0.3 is 9.84 Å². The summed E-state index contributed by atoms with van der Waals surface area (Å²) in [5, 5.41) is 9.06. The van der Waals surface area contributed by atoms with Crippen molar-refractivity contribution in [3.63, 3.8) is 0 Å². The third-order valence-corrected chi connectivity index (χ3v) is 1.98. The second kappa shape index (κ2) is 4.77. The molecule has 1 N–H and O–H groups in total. The summed E-state index contributed by atoms with van der Waals surface area (Å²) in [6.07, 6.45) is 0.774. The van der Waals surface area contributed by atoms with Gasteiger partial charge in [-0.2, -0.15) is 0 Å². The maximum Gasteiger partial charge on any atom is 0.308 e. The van der Waals surface area contributed by atoms with Gasteiger partial charge in [-0.1, -0.05) is 25.1 Å². The van der Waals surface area contributed by atoms with Gasteiger partial charge in [0.2, 0.25) is 0 Å². The summed E-state index contributed by atoms with van der Waals surface area (Å²) in [5.41, 5.74) is 1.59. The third-order valence-electron chi connectivity index (χ3n) is 1.98. The second-order valence-corrected chi connectivity index (χ2v) is 3.01. The first-order valence-electron chi connectivity index (χ1n) is 4.59. The van der Waals surface area contributed by atoms with E-state index in [-0.39, 0.29) is 12.6 Å². The van der Waals surface area contributed by atoms with E-state index >= 15 is 0 Å². The monoisotopic (exact) mass is 194 g/mol. The molecule has 0 aliphatic rings. The van der Waals surface area contributed by atoms with Crippen molar-refractivity contribution in [3.05, 3.63) is 29.3 Å². The molecular weight excluding hydrogens is 180 g/mol. The van der Waals surface area contributed by atoms with E-state index in [0.29, 0.717) is 11.3 Å². The molecule has 0 saturated heterocycles. The zero-order chi connectivity index (χ0) is 10.6. The van der Waals surface area contributed by atoms with Crippen LogP contribution >= 0.6 is 0 Å². The van der Waals surface area contributed by atoms with Gasteiger partial charge >= 0.3 is 5.97 Å². The minimum Gasteiger partial charge on any atom is -0.426 e. The molecule has 0 saturated carbocycles. The number of carbonyl (C=O) groups is 1. The van der Waals surface area contributed by atoms with E-state index in [1.807, 2.05) is 19.1 Å². The Labute approximate surface area is 83.3 Å². The highest BCUT2D eigenvalue weighted by molar-refractivity contribution is 5.70. The third kappa shape index (κ3) is 2.33. The van der Waals surface area contributed by atoms with Crippen LogP contribution in [-0.4, -0.2) is 11.1 Å². The van der Waals surface area contributed by atoms with Gasteiger partial charge in [0.25, 0.3) is 0 Å². The largest absolute Gasteiger partial charge is 0.426 e. The second-order valence-electron chi connectivity index (χ2n) is 3.01. The molecule has 1 aromatic carbocycles. The SMILES string of the molecule is CCc1cccc(CO)c1OC(C)=O. The molecule has 0 radical (unpaired) electrons. The molecule has 0 unspecified atom stereocenters. The van der Waals surface area contributed by atoms with E-state index in [2.05, 4.69) is 0 Å². The highest BCUT2D eigenvalue weighted by atomic mass is 16.5. The van der Waals surface area contributed by atoms with Gasteiger partial charge in [0.05, 0.1) is 6.61 Å². The maximum atomic E-state index is 10.8. The van der Waals surface area contributed by atoms with Crippen LogP contribution in [0, 0.1) is 0 Å². The number of hydrogen-bond acceptors (Lipinski definition) is 3. The molecule has 0 heterocycles. The van der Waals surface area contributed by atoms with Crippen molar-refractivity contribution in [2.75, 3.05) is 0 Å². The van der Waals surface area contributed by atoms with Gasteiger partial charge in [-0.3, -0.25) is 4.79 Å². The number of ether oxygens (including phenoxy) is 1. The minimum absolute atomic E-state index is 0.115. The lowest BCUT2D eigenvalue weighted by Crippen LogP contribution is -2.06. The number of rotatable bonds is 3. The lowest BCUT2D eigenvalue weighted by molar-refractivity contribution is -0.132. The van der Waals surface area contributed by atoms with Gasteiger partial charge in [-0.15, -0.1) is 0 Å². The summed E-state index contributed by atoms with van der Waals surface area (Å²) in [6, 6.07) is 5.48. The van der Waals surface area contributed by atoms with Crippen LogP contribution in [0.15, 0.2) is 18.2 Å². The van der Waals surface area contributed by atoms with Crippen LogP contribution in [0.5, 0.6) is 5.75 Å². The lowest BCUT2D eigenvalue weighted by Gasteiger charge is -2.10. The van der Waals surface area contributed by atoms with Crippen molar-refractivity contribution in [2.24, 2.45) is 0 Å². The van der Waals surface area contributed by atoms with Gasteiger partial charge in [-0.05, 0) is 12.0 Å². The zero-order valence-electron chi connectivity index (χ0n) is 8.41. The number of hydrogen-bond donors (Lipinski definition) is 1. The Kier molecular flexibility index (Phi) is 3.65. The normalized spacial score (nSPS) is 9.93. The Balaban J connectivity index is 3.12. The molecule has 1 rings (SSSR count). The summed E-state index contributed by atoms with van der Waals surface area (Å²) >= 11 is 0. The molecule has 0 aliphatic carbocycles. The van der Waals surface area contributed by atoms with Crippen molar-refractivity contribution >= 4 is 5.97 Å². The molecule has 0 fully saturated rings. The van der Waals surface area contributed by atoms with Gasteiger partial charge in [0, 0.05) is 12.5 Å². The molecule has 1 aromatic rings. The highest BCUT2D eigenvalue weighted by Crippen LogP contribution is 2.24. The maximum absolute atomic E-state index is 10.8. The molecule has 14 heavy (non-hydrogen) atoms. The molecule has 0 amide bonds. The van der Waals surface area contributed by atoms with Gasteiger partial charge in [0.1, 0.15) is 5.75 Å². The van der Waals surface area contributed by atoms with E-state index in [1.165, 1.54) is 6.92 Å². The molecule has 0 bridgehead atoms. The fraction of sp³-hybridized carbons (Fsp3) is 0.364. The van der Waals surface area contributed by atoms with E-state index < -0.39 is 0 Å². The predicted octanol–water partition coefficient (Wildman–Crippen LogP) is 1.67. The first-order valence-corrected chi connectivity index (χ1v) is 4.59. The summed E-state index contributed by atoms with van der Waals surface area (Å²) in [7, 11) is 0. The zero-order valence-corrected chi connectivity index (χ0v) is 8.41. The van der Waals surface area contributed by atoms with E-state index in [1.54, 1.807) is 6.07 Å². The van der Waals surface area contributed by atoms with Gasteiger partial charge in [-0.25, -0.2) is 0 Å². The standard InChI is InChI=1S/C11H14O3/c1-3-9-5-4-6-10(7-12)11(9)14-8(2)13/h4-6,12H,3,7H2,1-2H3. The van der Waals surface area contributed by atoms with Crippen molar-refractivity contribution in [1.82, 2.24) is 0 Å². The fourth-order valence-electron chi connectivity index (χ4n) is 1.32. The van der Waals surface area contributed by atoms with Crippen LogP contribution in [0.1, 0.15) is 25.0 Å². The molecule has 0 atom stereocenters. The number of para-hydroxylation sites is 1.